The lowest BCUT2D eigenvalue weighted by Gasteiger charge is -2.32. The summed E-state index contributed by atoms with van der Waals surface area (Å²) >= 11 is 0. The highest BCUT2D eigenvalue weighted by molar-refractivity contribution is 6.62. The molecule has 160 valence electrons. The number of rotatable bonds is 6. The van der Waals surface area contributed by atoms with Gasteiger partial charge in [-0.25, -0.2) is 0 Å². The van der Waals surface area contributed by atoms with Crippen molar-refractivity contribution in [2.45, 2.75) is 38.9 Å². The van der Waals surface area contributed by atoms with Crippen molar-refractivity contribution in [3.8, 4) is 17.2 Å². The molecule has 1 N–H and O–H groups in total. The molecule has 1 amide bonds. The summed E-state index contributed by atoms with van der Waals surface area (Å²) < 4.78 is 28.2. The zero-order valence-corrected chi connectivity index (χ0v) is 18.5. The van der Waals surface area contributed by atoms with Crippen LogP contribution in [0.5, 0.6) is 17.2 Å². The number of nitrogens with one attached hydrogen (secondary N) is 1. The SMILES string of the molecule is COc1cc(C(=O)Nc2cccc(B3OC(C)(C)C(C)(C)O3)c2)cc(OC)c1OC. The second-order valence-corrected chi connectivity index (χ2v) is 8.08. The average Bonchev–Trinajstić information content (AvgIpc) is 2.94. The van der Waals surface area contributed by atoms with Crippen molar-refractivity contribution in [3.63, 3.8) is 0 Å². The molecule has 7 nitrogen and oxygen atoms in total. The summed E-state index contributed by atoms with van der Waals surface area (Å²) in [5.74, 6) is 0.945. The fraction of sp³-hybridized carbons (Fsp3) is 0.409. The Morgan fingerprint density at radius 2 is 1.47 bits per heavy atom. The van der Waals surface area contributed by atoms with Crippen molar-refractivity contribution in [2.24, 2.45) is 0 Å². The number of hydrogen-bond donors (Lipinski definition) is 1. The average molecular weight is 413 g/mol. The zero-order chi connectivity index (χ0) is 22.1. The maximum Gasteiger partial charge on any atom is 0.494 e. The highest BCUT2D eigenvalue weighted by Crippen LogP contribution is 2.38. The third-order valence-electron chi connectivity index (χ3n) is 5.60. The van der Waals surface area contributed by atoms with Gasteiger partial charge in [0, 0.05) is 11.3 Å². The van der Waals surface area contributed by atoms with E-state index in [9.17, 15) is 4.79 Å². The predicted molar refractivity (Wildman–Crippen MR) is 116 cm³/mol. The van der Waals surface area contributed by atoms with Crippen LogP contribution in [0.4, 0.5) is 5.69 Å². The number of methoxy groups -OCH3 is 3. The van der Waals surface area contributed by atoms with E-state index in [2.05, 4.69) is 5.32 Å². The molecule has 0 radical (unpaired) electrons. The molecule has 2 aromatic carbocycles. The number of carbonyl (C=O) groups excluding carboxylic acids is 1. The molecule has 1 heterocycles. The molecule has 8 heteroatoms. The van der Waals surface area contributed by atoms with E-state index in [-0.39, 0.29) is 5.91 Å². The first-order chi connectivity index (χ1) is 14.1. The van der Waals surface area contributed by atoms with E-state index in [4.69, 9.17) is 23.5 Å². The summed E-state index contributed by atoms with van der Waals surface area (Å²) in [4.78, 5) is 12.9. The lowest BCUT2D eigenvalue weighted by atomic mass is 9.79. The molecule has 1 fully saturated rings. The van der Waals surface area contributed by atoms with Crippen molar-refractivity contribution < 1.29 is 28.3 Å². The molecule has 30 heavy (non-hydrogen) atoms. The topological polar surface area (TPSA) is 75.3 Å². The second-order valence-electron chi connectivity index (χ2n) is 8.08. The molecule has 0 spiro atoms. The summed E-state index contributed by atoms with van der Waals surface area (Å²) in [5.41, 5.74) is 0.961. The van der Waals surface area contributed by atoms with Crippen LogP contribution >= 0.6 is 0 Å². The van der Waals surface area contributed by atoms with Gasteiger partial charge in [-0.15, -0.1) is 0 Å². The van der Waals surface area contributed by atoms with E-state index in [0.29, 0.717) is 28.5 Å². The maximum absolute atomic E-state index is 12.9. The summed E-state index contributed by atoms with van der Waals surface area (Å²) in [6.07, 6.45) is 0. The highest BCUT2D eigenvalue weighted by atomic mass is 16.7. The highest BCUT2D eigenvalue weighted by Gasteiger charge is 2.51. The maximum atomic E-state index is 12.9. The lowest BCUT2D eigenvalue weighted by Crippen LogP contribution is -2.41. The van der Waals surface area contributed by atoms with E-state index in [1.807, 2.05) is 52.0 Å². The van der Waals surface area contributed by atoms with Crippen LogP contribution in [0.1, 0.15) is 38.1 Å². The largest absolute Gasteiger partial charge is 0.494 e. The molecular weight excluding hydrogens is 385 g/mol. The van der Waals surface area contributed by atoms with Gasteiger partial charge in [0.15, 0.2) is 11.5 Å². The Morgan fingerprint density at radius 3 is 1.97 bits per heavy atom. The van der Waals surface area contributed by atoms with Gasteiger partial charge in [0.25, 0.3) is 5.91 Å². The Kier molecular flexibility index (Phi) is 6.01. The molecule has 1 aliphatic heterocycles. The Balaban J connectivity index is 1.83. The first-order valence-electron chi connectivity index (χ1n) is 9.69. The van der Waals surface area contributed by atoms with Gasteiger partial charge < -0.3 is 28.8 Å². The van der Waals surface area contributed by atoms with E-state index in [0.717, 1.165) is 5.46 Å². The van der Waals surface area contributed by atoms with Crippen molar-refractivity contribution in [1.82, 2.24) is 0 Å². The van der Waals surface area contributed by atoms with Gasteiger partial charge in [-0.05, 0) is 57.4 Å². The Hall–Kier alpha value is -2.71. The molecule has 0 atom stereocenters. The van der Waals surface area contributed by atoms with Gasteiger partial charge in [-0.1, -0.05) is 12.1 Å². The molecule has 0 aliphatic carbocycles. The molecule has 0 bridgehead atoms. The van der Waals surface area contributed by atoms with Crippen LogP contribution in [0.3, 0.4) is 0 Å². The van der Waals surface area contributed by atoms with Crippen molar-refractivity contribution in [3.05, 3.63) is 42.0 Å². The van der Waals surface area contributed by atoms with Crippen LogP contribution < -0.4 is 25.0 Å². The molecule has 1 saturated heterocycles. The molecule has 0 aromatic heterocycles. The van der Waals surface area contributed by atoms with Gasteiger partial charge in [0.1, 0.15) is 0 Å². The van der Waals surface area contributed by atoms with Crippen molar-refractivity contribution in [1.29, 1.82) is 0 Å². The fourth-order valence-corrected chi connectivity index (χ4v) is 3.16. The van der Waals surface area contributed by atoms with E-state index in [1.165, 1.54) is 21.3 Å². The van der Waals surface area contributed by atoms with Gasteiger partial charge in [0.2, 0.25) is 5.75 Å². The van der Waals surface area contributed by atoms with E-state index in [1.54, 1.807) is 12.1 Å². The molecule has 3 rings (SSSR count). The van der Waals surface area contributed by atoms with Gasteiger partial charge >= 0.3 is 7.12 Å². The molecule has 2 aromatic rings. The van der Waals surface area contributed by atoms with Crippen molar-refractivity contribution >= 4 is 24.2 Å². The number of hydrogen-bond acceptors (Lipinski definition) is 6. The summed E-state index contributed by atoms with van der Waals surface area (Å²) in [6.45, 7) is 8.01. The van der Waals surface area contributed by atoms with Crippen LogP contribution in [-0.2, 0) is 9.31 Å². The third kappa shape index (κ3) is 4.11. The predicted octanol–water partition coefficient (Wildman–Crippen LogP) is 3.26. The van der Waals surface area contributed by atoms with E-state index < -0.39 is 18.3 Å². The van der Waals surface area contributed by atoms with Gasteiger partial charge in [-0.3, -0.25) is 4.79 Å². The first-order valence-corrected chi connectivity index (χ1v) is 9.69. The Labute approximate surface area is 177 Å². The number of carbonyl (C=O) groups is 1. The van der Waals surface area contributed by atoms with Crippen LogP contribution in [0.2, 0.25) is 0 Å². The summed E-state index contributed by atoms with van der Waals surface area (Å²) in [6, 6.07) is 10.6. The number of amides is 1. The van der Waals surface area contributed by atoms with Crippen LogP contribution in [0.15, 0.2) is 36.4 Å². The Bertz CT molecular complexity index is 902. The van der Waals surface area contributed by atoms with Crippen LogP contribution in [-0.4, -0.2) is 45.6 Å². The minimum atomic E-state index is -0.506. The molecular formula is C22H28BNO6. The Morgan fingerprint density at radius 1 is 0.900 bits per heavy atom. The lowest BCUT2D eigenvalue weighted by molar-refractivity contribution is 0.00578. The normalized spacial score (nSPS) is 16.8. The third-order valence-corrected chi connectivity index (χ3v) is 5.60. The molecule has 0 unspecified atom stereocenters. The van der Waals surface area contributed by atoms with Crippen LogP contribution in [0, 0.1) is 0 Å². The zero-order valence-electron chi connectivity index (χ0n) is 18.5. The number of ether oxygens (including phenoxy) is 3. The standard InChI is InChI=1S/C22H28BNO6/c1-21(2)22(3,4)30-23(29-21)15-9-8-10-16(13-15)24-20(25)14-11-17(26-5)19(28-7)18(12-14)27-6/h8-13H,1-7H3,(H,24,25). The quantitative estimate of drug-likeness (QED) is 0.733. The smallest absolute Gasteiger partial charge is 0.493 e. The minimum Gasteiger partial charge on any atom is -0.493 e. The molecule has 1 aliphatic rings. The summed E-state index contributed by atoms with van der Waals surface area (Å²) in [5, 5.41) is 2.90. The van der Waals surface area contributed by atoms with Crippen LogP contribution in [0.25, 0.3) is 0 Å². The number of anilines is 1. The number of benzene rings is 2. The van der Waals surface area contributed by atoms with E-state index >= 15 is 0 Å². The van der Waals surface area contributed by atoms with Crippen molar-refractivity contribution in [2.75, 3.05) is 26.6 Å². The van der Waals surface area contributed by atoms with Gasteiger partial charge in [0.05, 0.1) is 32.5 Å². The second kappa shape index (κ2) is 8.20. The molecule has 0 saturated carbocycles. The summed E-state index contributed by atoms with van der Waals surface area (Å²) in [7, 11) is 4.02. The first kappa shape index (κ1) is 22.0. The minimum absolute atomic E-state index is 0.305. The fourth-order valence-electron chi connectivity index (χ4n) is 3.16. The van der Waals surface area contributed by atoms with Gasteiger partial charge in [-0.2, -0.15) is 0 Å². The monoisotopic (exact) mass is 413 g/mol.